The van der Waals surface area contributed by atoms with E-state index in [4.69, 9.17) is 19.2 Å². The molecule has 7 nitrogen and oxygen atoms in total. The van der Waals surface area contributed by atoms with E-state index in [1.165, 1.54) is 0 Å². The van der Waals surface area contributed by atoms with Crippen molar-refractivity contribution in [3.05, 3.63) is 78.6 Å². The highest BCUT2D eigenvalue weighted by Gasteiger charge is 2.34. The van der Waals surface area contributed by atoms with Crippen LogP contribution in [-0.2, 0) is 11.3 Å². The fourth-order valence-corrected chi connectivity index (χ4v) is 4.89. The van der Waals surface area contributed by atoms with Gasteiger partial charge in [-0.2, -0.15) is 0 Å². The summed E-state index contributed by atoms with van der Waals surface area (Å²) < 4.78 is 18.9. The van der Waals surface area contributed by atoms with Crippen LogP contribution in [0.5, 0.6) is 17.2 Å². The lowest BCUT2D eigenvalue weighted by Gasteiger charge is -2.18. The highest BCUT2D eigenvalue weighted by molar-refractivity contribution is 5.96. The lowest BCUT2D eigenvalue weighted by molar-refractivity contribution is -0.117. The van der Waals surface area contributed by atoms with Gasteiger partial charge in [-0.05, 0) is 80.4 Å². The number of aromatic nitrogens is 2. The summed E-state index contributed by atoms with van der Waals surface area (Å²) in [6.07, 6.45) is 2.32. The van der Waals surface area contributed by atoms with Crippen LogP contribution in [0.15, 0.2) is 72.8 Å². The summed E-state index contributed by atoms with van der Waals surface area (Å²) in [5.74, 6) is 3.63. The lowest BCUT2D eigenvalue weighted by Crippen LogP contribution is -2.24. The fraction of sp³-hybridized carbons (Fsp3) is 0.333. The minimum absolute atomic E-state index is 0.0435. The van der Waals surface area contributed by atoms with Crippen LogP contribution in [0, 0.1) is 0 Å². The van der Waals surface area contributed by atoms with Gasteiger partial charge in [-0.3, -0.25) is 4.79 Å². The number of carbonyl (C=O) groups excluding carboxylic acids is 1. The number of hydrogen-bond acceptors (Lipinski definition) is 5. The van der Waals surface area contributed by atoms with E-state index in [9.17, 15) is 4.79 Å². The van der Waals surface area contributed by atoms with Crippen LogP contribution in [0.3, 0.4) is 0 Å². The SMILES string of the molecule is CCOc1ccc(N2CC(c3nc4ccccc4n3CCCCOc3ccc(OC)cc3)CC2=O)cc1. The molecule has 5 rings (SSSR count). The normalized spacial score (nSPS) is 15.4. The molecule has 3 aromatic carbocycles. The van der Waals surface area contributed by atoms with Gasteiger partial charge < -0.3 is 23.7 Å². The van der Waals surface area contributed by atoms with Crippen LogP contribution >= 0.6 is 0 Å². The summed E-state index contributed by atoms with van der Waals surface area (Å²) in [5.41, 5.74) is 2.98. The number of rotatable bonds is 11. The first-order valence-electron chi connectivity index (χ1n) is 12.9. The van der Waals surface area contributed by atoms with Crippen molar-refractivity contribution in [3.63, 3.8) is 0 Å². The molecule has 1 aliphatic heterocycles. The number of benzene rings is 3. The molecule has 1 saturated heterocycles. The van der Waals surface area contributed by atoms with Gasteiger partial charge in [0.15, 0.2) is 0 Å². The summed E-state index contributed by atoms with van der Waals surface area (Å²) >= 11 is 0. The Morgan fingerprint density at radius 2 is 1.59 bits per heavy atom. The quantitative estimate of drug-likeness (QED) is 0.243. The van der Waals surface area contributed by atoms with Crippen molar-refractivity contribution >= 4 is 22.6 Å². The van der Waals surface area contributed by atoms with E-state index in [2.05, 4.69) is 10.6 Å². The number of ether oxygens (including phenoxy) is 3. The number of imidazole rings is 1. The summed E-state index contributed by atoms with van der Waals surface area (Å²) in [6.45, 7) is 4.67. The molecule has 0 radical (unpaired) electrons. The highest BCUT2D eigenvalue weighted by atomic mass is 16.5. The van der Waals surface area contributed by atoms with Gasteiger partial charge in [0.25, 0.3) is 0 Å². The third-order valence-electron chi connectivity index (χ3n) is 6.74. The monoisotopic (exact) mass is 499 g/mol. The number of anilines is 1. The van der Waals surface area contributed by atoms with Gasteiger partial charge in [-0.15, -0.1) is 0 Å². The summed E-state index contributed by atoms with van der Waals surface area (Å²) in [5, 5.41) is 0. The van der Waals surface area contributed by atoms with Crippen molar-refractivity contribution in [2.24, 2.45) is 0 Å². The first-order chi connectivity index (χ1) is 18.2. The number of unbranched alkanes of at least 4 members (excludes halogenated alkanes) is 1. The molecule has 1 atom stereocenters. The number of methoxy groups -OCH3 is 1. The smallest absolute Gasteiger partial charge is 0.227 e. The van der Waals surface area contributed by atoms with Crippen LogP contribution in [0.1, 0.15) is 37.9 Å². The third kappa shape index (κ3) is 5.56. The molecule has 0 saturated carbocycles. The molecule has 1 amide bonds. The van der Waals surface area contributed by atoms with Crippen LogP contribution in [0.2, 0.25) is 0 Å². The summed E-state index contributed by atoms with van der Waals surface area (Å²) in [4.78, 5) is 19.9. The van der Waals surface area contributed by atoms with Crippen LogP contribution in [0.4, 0.5) is 5.69 Å². The Bertz CT molecular complexity index is 1330. The van der Waals surface area contributed by atoms with Crippen molar-refractivity contribution in [3.8, 4) is 17.2 Å². The second kappa shape index (κ2) is 11.4. The highest BCUT2D eigenvalue weighted by Crippen LogP contribution is 2.34. The van der Waals surface area contributed by atoms with Gasteiger partial charge in [0, 0.05) is 31.1 Å². The van der Waals surface area contributed by atoms with E-state index in [1.54, 1.807) is 7.11 Å². The number of amides is 1. The van der Waals surface area contributed by atoms with E-state index in [1.807, 2.05) is 78.6 Å². The number of hydrogen-bond donors (Lipinski definition) is 0. The average molecular weight is 500 g/mol. The van der Waals surface area contributed by atoms with Crippen molar-refractivity contribution in [2.75, 3.05) is 31.8 Å². The van der Waals surface area contributed by atoms with Gasteiger partial charge in [0.05, 0.1) is 31.4 Å². The maximum Gasteiger partial charge on any atom is 0.227 e. The molecule has 0 bridgehead atoms. The first kappa shape index (κ1) is 24.7. The molecule has 37 heavy (non-hydrogen) atoms. The molecule has 7 heteroatoms. The number of nitrogens with zero attached hydrogens (tertiary/aromatic N) is 3. The van der Waals surface area contributed by atoms with E-state index in [0.717, 1.165) is 59.2 Å². The molecule has 192 valence electrons. The summed E-state index contributed by atoms with van der Waals surface area (Å²) in [7, 11) is 1.66. The zero-order chi connectivity index (χ0) is 25.6. The lowest BCUT2D eigenvalue weighted by atomic mass is 10.1. The number of para-hydroxylation sites is 2. The Kier molecular flexibility index (Phi) is 7.59. The van der Waals surface area contributed by atoms with E-state index < -0.39 is 0 Å². The zero-order valence-electron chi connectivity index (χ0n) is 21.4. The first-order valence-corrected chi connectivity index (χ1v) is 12.9. The topological polar surface area (TPSA) is 65.8 Å². The fourth-order valence-electron chi connectivity index (χ4n) is 4.89. The van der Waals surface area contributed by atoms with Gasteiger partial charge in [-0.25, -0.2) is 4.98 Å². The Morgan fingerprint density at radius 1 is 0.892 bits per heavy atom. The minimum atomic E-state index is 0.0435. The minimum Gasteiger partial charge on any atom is -0.497 e. The van der Waals surface area contributed by atoms with Crippen molar-refractivity contribution < 1.29 is 19.0 Å². The van der Waals surface area contributed by atoms with Gasteiger partial charge in [0.1, 0.15) is 23.1 Å². The predicted octanol–water partition coefficient (Wildman–Crippen LogP) is 5.82. The Balaban J connectivity index is 1.25. The Labute approximate surface area is 217 Å². The zero-order valence-corrected chi connectivity index (χ0v) is 21.4. The standard InChI is InChI=1S/C30H33N3O4/c1-3-36-25-12-10-23(11-13-25)33-21-22(20-29(33)34)30-31-27-8-4-5-9-28(27)32(30)18-6-7-19-37-26-16-14-24(35-2)15-17-26/h4-5,8-17,22H,3,6-7,18-21H2,1-2H3. The second-order valence-electron chi connectivity index (χ2n) is 9.17. The molecular weight excluding hydrogens is 466 g/mol. The van der Waals surface area contributed by atoms with Crippen molar-refractivity contribution in [1.29, 1.82) is 0 Å². The molecule has 0 spiro atoms. The molecule has 0 aliphatic carbocycles. The van der Waals surface area contributed by atoms with E-state index >= 15 is 0 Å². The summed E-state index contributed by atoms with van der Waals surface area (Å²) in [6, 6.07) is 23.6. The number of carbonyl (C=O) groups is 1. The van der Waals surface area contributed by atoms with Crippen LogP contribution in [0.25, 0.3) is 11.0 Å². The Hall–Kier alpha value is -4.00. The van der Waals surface area contributed by atoms with Gasteiger partial charge in [0.2, 0.25) is 5.91 Å². The van der Waals surface area contributed by atoms with Gasteiger partial charge in [-0.1, -0.05) is 12.1 Å². The van der Waals surface area contributed by atoms with Crippen molar-refractivity contribution in [1.82, 2.24) is 9.55 Å². The molecule has 1 unspecified atom stereocenters. The third-order valence-corrected chi connectivity index (χ3v) is 6.74. The maximum absolute atomic E-state index is 13.0. The van der Waals surface area contributed by atoms with Crippen LogP contribution in [-0.4, -0.2) is 42.3 Å². The maximum atomic E-state index is 13.0. The molecule has 1 aromatic heterocycles. The number of fused-ring (bicyclic) bond motifs is 1. The van der Waals surface area contributed by atoms with E-state index in [-0.39, 0.29) is 11.8 Å². The molecular formula is C30H33N3O4. The van der Waals surface area contributed by atoms with Crippen LogP contribution < -0.4 is 19.1 Å². The molecule has 4 aromatic rings. The predicted molar refractivity (Wildman–Crippen MR) is 145 cm³/mol. The Morgan fingerprint density at radius 3 is 2.35 bits per heavy atom. The van der Waals surface area contributed by atoms with E-state index in [0.29, 0.717) is 26.2 Å². The molecule has 1 aliphatic rings. The molecule has 2 heterocycles. The molecule has 0 N–H and O–H groups in total. The molecule has 1 fully saturated rings. The van der Waals surface area contributed by atoms with Crippen molar-refractivity contribution in [2.45, 2.75) is 38.6 Å². The largest absolute Gasteiger partial charge is 0.497 e. The second-order valence-corrected chi connectivity index (χ2v) is 9.17. The van der Waals surface area contributed by atoms with Gasteiger partial charge >= 0.3 is 0 Å². The average Bonchev–Trinajstić information content (AvgIpc) is 3.50. The number of aryl methyl sites for hydroxylation is 1.